The number of sulfonamides is 1. The average molecular weight is 378 g/mol. The third-order valence-corrected chi connectivity index (χ3v) is 4.35. The maximum atomic E-state index is 11.9. The van der Waals surface area contributed by atoms with E-state index in [4.69, 9.17) is 0 Å². The van der Waals surface area contributed by atoms with E-state index >= 15 is 0 Å². The fraction of sp³-hybridized carbons (Fsp3) is 0.273. The summed E-state index contributed by atoms with van der Waals surface area (Å²) in [5, 5.41) is 0. The highest BCUT2D eigenvalue weighted by Gasteiger charge is 2.50. The number of amides is 1. The van der Waals surface area contributed by atoms with Gasteiger partial charge in [0.05, 0.1) is 9.12 Å². The number of hydrogen-bond acceptors (Lipinski definition) is 4. The molecule has 96 valence electrons. The summed E-state index contributed by atoms with van der Waals surface area (Å²) in [6.07, 6.45) is 1.17. The zero-order valence-corrected chi connectivity index (χ0v) is 12.3. The van der Waals surface area contributed by atoms with Crippen LogP contribution in [0.4, 0.5) is 0 Å². The standard InChI is InChI=1S/C11H11IN2O3S/c12-8-13-11(6-7-11)10(15)14-18(16,17)9-4-2-1-3-5-9/h1-5,8H,6-7H2,(H,14,15). The molecule has 0 saturated heterocycles. The Kier molecular flexibility index (Phi) is 3.71. The van der Waals surface area contributed by atoms with Crippen LogP contribution in [0.5, 0.6) is 0 Å². The van der Waals surface area contributed by atoms with Crippen molar-refractivity contribution in [2.75, 3.05) is 0 Å². The normalized spacial score (nSPS) is 17.6. The van der Waals surface area contributed by atoms with Crippen LogP contribution in [0.3, 0.4) is 0 Å². The summed E-state index contributed by atoms with van der Waals surface area (Å²) in [5.74, 6) is -0.556. The molecule has 0 spiro atoms. The van der Waals surface area contributed by atoms with E-state index in [-0.39, 0.29) is 4.90 Å². The van der Waals surface area contributed by atoms with E-state index in [0.717, 1.165) is 0 Å². The van der Waals surface area contributed by atoms with Gasteiger partial charge in [-0.3, -0.25) is 9.79 Å². The molecule has 0 aliphatic heterocycles. The molecular formula is C11H11IN2O3S. The first kappa shape index (κ1) is 13.5. The van der Waals surface area contributed by atoms with Crippen LogP contribution in [0.2, 0.25) is 0 Å². The summed E-state index contributed by atoms with van der Waals surface area (Å²) in [4.78, 5) is 16.0. The third-order valence-electron chi connectivity index (χ3n) is 2.72. The maximum Gasteiger partial charge on any atom is 0.264 e. The van der Waals surface area contributed by atoms with E-state index < -0.39 is 21.5 Å². The predicted octanol–water partition coefficient (Wildman–Crippen LogP) is 1.49. The molecule has 2 rings (SSSR count). The number of rotatable bonds is 4. The summed E-state index contributed by atoms with van der Waals surface area (Å²) < 4.78 is 27.4. The Hall–Kier alpha value is -0.960. The first-order valence-corrected chi connectivity index (χ1v) is 7.99. The maximum absolute atomic E-state index is 11.9. The van der Waals surface area contributed by atoms with Gasteiger partial charge in [0, 0.05) is 0 Å². The molecule has 1 aromatic carbocycles. The molecule has 0 atom stereocenters. The molecule has 1 aliphatic carbocycles. The number of nitrogens with one attached hydrogen (secondary N) is 1. The van der Waals surface area contributed by atoms with Gasteiger partial charge < -0.3 is 0 Å². The molecule has 5 nitrogen and oxygen atoms in total. The molecule has 7 heteroatoms. The minimum atomic E-state index is -3.80. The summed E-state index contributed by atoms with van der Waals surface area (Å²) in [6.45, 7) is 0. The Labute approximate surface area is 119 Å². The first-order valence-electron chi connectivity index (χ1n) is 5.26. The molecule has 1 fully saturated rings. The van der Waals surface area contributed by atoms with Gasteiger partial charge in [0.2, 0.25) is 0 Å². The molecule has 0 heterocycles. The minimum absolute atomic E-state index is 0.0765. The highest BCUT2D eigenvalue weighted by molar-refractivity contribution is 14.1. The van der Waals surface area contributed by atoms with Gasteiger partial charge in [0.1, 0.15) is 5.54 Å². The van der Waals surface area contributed by atoms with E-state index in [1.807, 2.05) is 22.6 Å². The number of aliphatic imine (C=N–C) groups is 1. The fourth-order valence-corrected chi connectivity index (χ4v) is 3.10. The monoisotopic (exact) mass is 378 g/mol. The summed E-state index contributed by atoms with van der Waals surface area (Å²) in [6, 6.07) is 7.81. The lowest BCUT2D eigenvalue weighted by Gasteiger charge is -2.11. The molecule has 1 amide bonds. The Balaban J connectivity index is 2.18. The van der Waals surface area contributed by atoms with E-state index in [1.54, 1.807) is 18.2 Å². The smallest absolute Gasteiger partial charge is 0.264 e. The van der Waals surface area contributed by atoms with Crippen molar-refractivity contribution in [1.82, 2.24) is 4.72 Å². The van der Waals surface area contributed by atoms with E-state index in [1.165, 1.54) is 16.4 Å². The highest BCUT2D eigenvalue weighted by atomic mass is 127. The van der Waals surface area contributed by atoms with Crippen LogP contribution in [0.1, 0.15) is 12.8 Å². The van der Waals surface area contributed by atoms with Crippen LogP contribution in [0, 0.1) is 0 Å². The summed E-state index contributed by atoms with van der Waals surface area (Å²) in [5.41, 5.74) is -0.872. The zero-order chi connectivity index (χ0) is 13.2. The van der Waals surface area contributed by atoms with Gasteiger partial charge in [-0.25, -0.2) is 13.1 Å². The van der Waals surface area contributed by atoms with Crippen LogP contribution in [-0.4, -0.2) is 24.1 Å². The summed E-state index contributed by atoms with van der Waals surface area (Å²) in [7, 11) is -3.80. The van der Waals surface area contributed by atoms with Crippen molar-refractivity contribution in [1.29, 1.82) is 0 Å². The number of halogens is 1. The number of nitrogens with zero attached hydrogens (tertiary/aromatic N) is 1. The number of benzene rings is 1. The van der Waals surface area contributed by atoms with Crippen LogP contribution in [0.15, 0.2) is 40.2 Å². The topological polar surface area (TPSA) is 75.6 Å². The van der Waals surface area contributed by atoms with Crippen molar-refractivity contribution in [2.24, 2.45) is 4.99 Å². The SMILES string of the molecule is O=C(NS(=O)(=O)c1ccccc1)C1(N=CI)CC1. The van der Waals surface area contributed by atoms with Gasteiger partial charge >= 0.3 is 0 Å². The van der Waals surface area contributed by atoms with Gasteiger partial charge in [0.25, 0.3) is 15.9 Å². The van der Waals surface area contributed by atoms with Crippen molar-refractivity contribution in [3.05, 3.63) is 30.3 Å². The molecule has 1 saturated carbocycles. The van der Waals surface area contributed by atoms with Gasteiger partial charge in [-0.2, -0.15) is 0 Å². The average Bonchev–Trinajstić information content (AvgIpc) is 3.11. The number of carbonyl (C=O) groups is 1. The Bertz CT molecular complexity index is 580. The van der Waals surface area contributed by atoms with Crippen LogP contribution in [-0.2, 0) is 14.8 Å². The third kappa shape index (κ3) is 2.72. The van der Waals surface area contributed by atoms with Gasteiger partial charge in [-0.1, -0.05) is 18.2 Å². The Morgan fingerprint density at radius 1 is 1.33 bits per heavy atom. The summed E-state index contributed by atoms with van der Waals surface area (Å²) >= 11 is 1.91. The second kappa shape index (κ2) is 4.96. The van der Waals surface area contributed by atoms with Crippen molar-refractivity contribution in [3.63, 3.8) is 0 Å². The molecule has 0 aromatic heterocycles. The van der Waals surface area contributed by atoms with Gasteiger partial charge in [0.15, 0.2) is 0 Å². The van der Waals surface area contributed by atoms with Gasteiger partial charge in [-0.05, 0) is 47.6 Å². The van der Waals surface area contributed by atoms with Crippen LogP contribution < -0.4 is 4.72 Å². The first-order chi connectivity index (χ1) is 8.50. The van der Waals surface area contributed by atoms with E-state index in [2.05, 4.69) is 9.71 Å². The predicted molar refractivity (Wildman–Crippen MR) is 76.2 cm³/mol. The molecule has 0 bridgehead atoms. The molecule has 0 unspecified atom stereocenters. The molecule has 1 aliphatic rings. The van der Waals surface area contributed by atoms with E-state index in [0.29, 0.717) is 12.8 Å². The second-order valence-electron chi connectivity index (χ2n) is 4.01. The highest BCUT2D eigenvalue weighted by Crippen LogP contribution is 2.40. The molecular weight excluding hydrogens is 367 g/mol. The molecule has 1 aromatic rings. The van der Waals surface area contributed by atoms with Crippen molar-refractivity contribution < 1.29 is 13.2 Å². The van der Waals surface area contributed by atoms with Crippen LogP contribution in [0.25, 0.3) is 0 Å². The lowest BCUT2D eigenvalue weighted by atomic mass is 10.3. The second-order valence-corrected chi connectivity index (χ2v) is 6.25. The fourth-order valence-electron chi connectivity index (χ4n) is 1.50. The Morgan fingerprint density at radius 2 is 1.94 bits per heavy atom. The van der Waals surface area contributed by atoms with Crippen molar-refractivity contribution in [2.45, 2.75) is 23.3 Å². The number of hydrogen-bond donors (Lipinski definition) is 1. The minimum Gasteiger partial charge on any atom is -0.271 e. The van der Waals surface area contributed by atoms with Crippen molar-refractivity contribution in [3.8, 4) is 0 Å². The Morgan fingerprint density at radius 3 is 2.44 bits per heavy atom. The quantitative estimate of drug-likeness (QED) is 0.637. The van der Waals surface area contributed by atoms with E-state index in [9.17, 15) is 13.2 Å². The van der Waals surface area contributed by atoms with Gasteiger partial charge in [-0.15, -0.1) is 0 Å². The lowest BCUT2D eigenvalue weighted by molar-refractivity contribution is -0.121. The van der Waals surface area contributed by atoms with Crippen molar-refractivity contribution >= 4 is 42.7 Å². The largest absolute Gasteiger partial charge is 0.271 e. The molecule has 0 radical (unpaired) electrons. The zero-order valence-electron chi connectivity index (χ0n) is 9.34. The number of carbonyl (C=O) groups excluding carboxylic acids is 1. The van der Waals surface area contributed by atoms with Crippen LogP contribution >= 0.6 is 22.6 Å². The lowest BCUT2D eigenvalue weighted by Crippen LogP contribution is -2.39. The molecule has 18 heavy (non-hydrogen) atoms. The molecule has 1 N–H and O–H groups in total.